The number of hydrogen-bond donors (Lipinski definition) is 18. The van der Waals surface area contributed by atoms with Gasteiger partial charge in [-0.1, -0.05) is 34.1 Å². The number of guanidine groups is 1. The molecular formula is C44H77N15O16S. The molecular weight excluding hydrogens is 1030 g/mol. The van der Waals surface area contributed by atoms with Gasteiger partial charge in [0.1, 0.15) is 48.8 Å². The lowest BCUT2D eigenvalue weighted by Gasteiger charge is -2.28. The molecule has 0 radical (unpaired) electrons. The van der Waals surface area contributed by atoms with Gasteiger partial charge in [0.15, 0.2) is 5.96 Å². The number of nitrogens with two attached hydrogens (primary N) is 3. The summed E-state index contributed by atoms with van der Waals surface area (Å²) >= 11 is 1.41. The molecule has 0 saturated heterocycles. The Bertz CT molecular complexity index is 2050. The Morgan fingerprint density at radius 1 is 0.566 bits per heavy atom. The molecule has 0 aliphatic carbocycles. The fourth-order valence-electron chi connectivity index (χ4n) is 6.54. The van der Waals surface area contributed by atoms with Gasteiger partial charge in [-0.05, 0) is 62.9 Å². The van der Waals surface area contributed by atoms with E-state index in [0.29, 0.717) is 12.2 Å². The molecule has 0 aliphatic rings. The number of carbonyl (C=O) groups excluding carboxylic acids is 11. The zero-order chi connectivity index (χ0) is 58.2. The van der Waals surface area contributed by atoms with Crippen LogP contribution in [0.3, 0.4) is 0 Å². The summed E-state index contributed by atoms with van der Waals surface area (Å²) in [4.78, 5) is 165. The van der Waals surface area contributed by atoms with Crippen LogP contribution in [0.5, 0.6) is 0 Å². The van der Waals surface area contributed by atoms with Crippen molar-refractivity contribution in [2.75, 3.05) is 44.8 Å². The van der Waals surface area contributed by atoms with Gasteiger partial charge in [-0.3, -0.25) is 67.7 Å². The molecule has 0 aliphatic heterocycles. The zero-order valence-electron chi connectivity index (χ0n) is 43.5. The highest BCUT2D eigenvalue weighted by Gasteiger charge is 2.34. The van der Waals surface area contributed by atoms with Crippen LogP contribution in [0.1, 0.15) is 86.0 Å². The second kappa shape index (κ2) is 36.6. The van der Waals surface area contributed by atoms with E-state index in [9.17, 15) is 72.5 Å². The highest BCUT2D eigenvalue weighted by Crippen LogP contribution is 2.11. The molecule has 0 aromatic heterocycles. The van der Waals surface area contributed by atoms with Crippen molar-refractivity contribution in [2.24, 2.45) is 29.0 Å². The molecule has 11 amide bonds. The molecule has 0 rings (SSSR count). The summed E-state index contributed by atoms with van der Waals surface area (Å²) in [5, 5.41) is 61.4. The van der Waals surface area contributed by atoms with Crippen molar-refractivity contribution in [2.45, 2.75) is 134 Å². The molecule has 0 bridgehead atoms. The van der Waals surface area contributed by atoms with Crippen LogP contribution in [0.15, 0.2) is 0 Å². The van der Waals surface area contributed by atoms with Gasteiger partial charge in [0.05, 0.1) is 32.2 Å². The van der Waals surface area contributed by atoms with Crippen LogP contribution in [0, 0.1) is 17.2 Å². The molecule has 9 atom stereocenters. The van der Waals surface area contributed by atoms with Crippen molar-refractivity contribution >= 4 is 94.6 Å². The van der Waals surface area contributed by atoms with E-state index in [4.69, 9.17) is 27.7 Å². The second-order valence-corrected chi connectivity index (χ2v) is 18.8. The molecule has 0 saturated carbocycles. The molecule has 0 spiro atoms. The second-order valence-electron chi connectivity index (χ2n) is 17.9. The minimum Gasteiger partial charge on any atom is -0.481 e. The molecule has 0 fully saturated rings. The number of aliphatic hydroxyl groups excluding tert-OH is 1. The molecule has 0 aromatic carbocycles. The summed E-state index contributed by atoms with van der Waals surface area (Å²) in [6.07, 6.45) is 0.625. The first-order chi connectivity index (χ1) is 35.6. The number of aliphatic hydroxyl groups is 1. The van der Waals surface area contributed by atoms with E-state index in [1.165, 1.54) is 18.7 Å². The monoisotopic (exact) mass is 1100 g/mol. The van der Waals surface area contributed by atoms with E-state index in [-0.39, 0.29) is 44.1 Å². The topological polar surface area (TPSA) is 517 Å². The molecule has 32 heteroatoms. The highest BCUT2D eigenvalue weighted by molar-refractivity contribution is 7.98. The Hall–Kier alpha value is -7.35. The van der Waals surface area contributed by atoms with Crippen molar-refractivity contribution in [3.8, 4) is 0 Å². The minimum atomic E-state index is -1.72. The van der Waals surface area contributed by atoms with E-state index in [1.54, 1.807) is 34.0 Å². The standard InChI is InChI=1S/C44H77N15O16S/c1-7-22(4)35(59-41(73)25(9-8-13-49-44(47)48)56-42(74)28(16-33(64)65)57-37(69)24(45)12-14-76-6)43(75)51-17-31(62)53-23(5)36(68)55-26(10-11-30(46)61)40(72)58-29(20-60)39(71)50-18-32(63)54-27(15-21(2)3)38(70)52-19-34(66)67/h21-29,35,60H,7-20,45H2,1-6H3,(H2,46,61)(H,50,71)(H,51,75)(H,52,70)(H,53,62)(H,54,63)(H,55,68)(H,56,74)(H,57,69)(H,58,72)(H,59,73)(H,64,65)(H,66,67)(H4,47,48,49)/t22-,23-,24-,25-,26-,27-,28-,29-,35-/m0/s1. The number of nitrogens with one attached hydrogen (secondary N) is 12. The Morgan fingerprint density at radius 3 is 1.62 bits per heavy atom. The van der Waals surface area contributed by atoms with Crippen LogP contribution in [-0.2, 0) is 62.3 Å². The van der Waals surface area contributed by atoms with Crippen LogP contribution in [0.2, 0.25) is 0 Å². The fraction of sp³-hybridized carbons (Fsp3) is 0.682. The van der Waals surface area contributed by atoms with Crippen molar-refractivity contribution in [3.05, 3.63) is 0 Å². The summed E-state index contributed by atoms with van der Waals surface area (Å²) < 4.78 is 0. The number of primary amides is 1. The maximum atomic E-state index is 13.8. The van der Waals surface area contributed by atoms with Gasteiger partial charge >= 0.3 is 11.9 Å². The van der Waals surface area contributed by atoms with Gasteiger partial charge in [0.2, 0.25) is 65.0 Å². The van der Waals surface area contributed by atoms with Crippen molar-refractivity contribution in [1.82, 2.24) is 58.5 Å². The van der Waals surface area contributed by atoms with Crippen LogP contribution in [-0.4, -0.2) is 191 Å². The third-order valence-electron chi connectivity index (χ3n) is 10.9. The highest BCUT2D eigenvalue weighted by atomic mass is 32.2. The van der Waals surface area contributed by atoms with Crippen molar-refractivity contribution in [3.63, 3.8) is 0 Å². The van der Waals surface area contributed by atoms with Gasteiger partial charge < -0.3 is 91.0 Å². The predicted molar refractivity (Wildman–Crippen MR) is 273 cm³/mol. The van der Waals surface area contributed by atoms with Gasteiger partial charge in [-0.15, -0.1) is 0 Å². The first-order valence-corrected chi connectivity index (χ1v) is 25.5. The lowest BCUT2D eigenvalue weighted by atomic mass is 9.97. The van der Waals surface area contributed by atoms with Crippen LogP contribution in [0.4, 0.5) is 0 Å². The number of carboxylic acids is 2. The summed E-state index contributed by atoms with van der Waals surface area (Å²) in [5.74, 6) is -13.7. The third kappa shape index (κ3) is 28.9. The number of hydrogen-bond acceptors (Lipinski definition) is 17. The lowest BCUT2D eigenvalue weighted by molar-refractivity contribution is -0.141. The largest absolute Gasteiger partial charge is 0.481 e. The Labute approximate surface area is 443 Å². The predicted octanol–water partition coefficient (Wildman–Crippen LogP) is -7.00. The summed E-state index contributed by atoms with van der Waals surface area (Å²) in [6, 6.07) is -11.4. The molecule has 21 N–H and O–H groups in total. The lowest BCUT2D eigenvalue weighted by Crippen LogP contribution is -2.59. The van der Waals surface area contributed by atoms with Gasteiger partial charge in [-0.25, -0.2) is 0 Å². The van der Waals surface area contributed by atoms with Crippen LogP contribution in [0.25, 0.3) is 0 Å². The number of aliphatic carboxylic acids is 2. The Morgan fingerprint density at radius 2 is 1.08 bits per heavy atom. The summed E-state index contributed by atoms with van der Waals surface area (Å²) in [6.45, 7) is 4.79. The maximum absolute atomic E-state index is 13.8. The molecule has 0 unspecified atom stereocenters. The normalized spacial score (nSPS) is 14.4. The van der Waals surface area contributed by atoms with Crippen molar-refractivity contribution in [1.29, 1.82) is 5.41 Å². The van der Waals surface area contributed by atoms with E-state index in [0.717, 1.165) is 0 Å². The number of thioether (sulfide) groups is 1. The SMILES string of the molecule is CC[C@H](C)[C@H](NC(=O)[C@H](CCCNC(=N)N)NC(=O)[C@H](CC(=O)O)NC(=O)[C@@H](N)CCSC)C(=O)NCC(=O)N[C@@H](C)C(=O)N[C@@H](CCC(N)=O)C(=O)N[C@@H](CO)C(=O)NCC(=O)N[C@@H](CC(C)C)C(=O)NCC(=O)O. The molecule has 430 valence electrons. The van der Waals surface area contributed by atoms with E-state index in [2.05, 4.69) is 58.5 Å². The number of rotatable bonds is 38. The summed E-state index contributed by atoms with van der Waals surface area (Å²) in [5.41, 5.74) is 16.5. The third-order valence-corrected chi connectivity index (χ3v) is 11.6. The van der Waals surface area contributed by atoms with Gasteiger partial charge in [0.25, 0.3) is 0 Å². The van der Waals surface area contributed by atoms with Crippen molar-refractivity contribution < 1.29 is 77.6 Å². The summed E-state index contributed by atoms with van der Waals surface area (Å²) in [7, 11) is 0. The molecule has 0 heterocycles. The number of carbonyl (C=O) groups is 13. The quantitative estimate of drug-likeness (QED) is 0.0155. The van der Waals surface area contributed by atoms with E-state index < -0.39 is 177 Å². The average molecular weight is 1100 g/mol. The van der Waals surface area contributed by atoms with Gasteiger partial charge in [-0.2, -0.15) is 11.8 Å². The molecule has 76 heavy (non-hydrogen) atoms. The Kier molecular flexibility index (Phi) is 33.0. The number of amides is 11. The van der Waals surface area contributed by atoms with Crippen LogP contribution >= 0.6 is 11.8 Å². The fourth-order valence-corrected chi connectivity index (χ4v) is 7.03. The molecule has 31 nitrogen and oxygen atoms in total. The minimum absolute atomic E-state index is 0.0639. The number of carboxylic acid groups (broad SMARTS) is 2. The Balaban J connectivity index is 5.96. The maximum Gasteiger partial charge on any atom is 0.322 e. The average Bonchev–Trinajstić information content (AvgIpc) is 3.34. The smallest absolute Gasteiger partial charge is 0.322 e. The molecule has 0 aromatic rings. The first kappa shape index (κ1) is 68.6. The zero-order valence-corrected chi connectivity index (χ0v) is 44.3. The van der Waals surface area contributed by atoms with Gasteiger partial charge in [0, 0.05) is 13.0 Å². The van der Waals surface area contributed by atoms with E-state index >= 15 is 0 Å². The van der Waals surface area contributed by atoms with E-state index in [1.807, 2.05) is 0 Å². The first-order valence-electron chi connectivity index (χ1n) is 24.2. The van der Waals surface area contributed by atoms with Crippen LogP contribution < -0.4 is 75.7 Å².